The molecule has 5 rings (SSSR count). The van der Waals surface area contributed by atoms with Gasteiger partial charge in [-0.25, -0.2) is 4.39 Å². The molecule has 0 fully saturated rings. The second-order valence-corrected chi connectivity index (χ2v) is 9.54. The lowest BCUT2D eigenvalue weighted by Gasteiger charge is -2.16. The van der Waals surface area contributed by atoms with Gasteiger partial charge >= 0.3 is 0 Å². The quantitative estimate of drug-likeness (QED) is 0.161. The molecule has 2 aromatic heterocycles. The standard InChI is InChI=1S/C30H23ClFN3O5/c1-17-3-7-20(8-4-17)30-34-28(35-40-30)22-10-6-19(13-24(22)32)14-27(38-16-36)33-29(37)26-12-11-25(39-26)21-9-5-18(2)23(31)15-21/h3-13,15-16,27H,14H2,1-2H3,(H,33,37). The number of aromatic nitrogens is 2. The van der Waals surface area contributed by atoms with Crippen molar-refractivity contribution in [1.82, 2.24) is 15.5 Å². The van der Waals surface area contributed by atoms with Gasteiger partial charge in [-0.3, -0.25) is 9.59 Å². The molecule has 0 aliphatic rings. The first-order chi connectivity index (χ1) is 19.3. The first-order valence-corrected chi connectivity index (χ1v) is 12.6. The lowest BCUT2D eigenvalue weighted by atomic mass is 10.1. The van der Waals surface area contributed by atoms with Gasteiger partial charge in [0, 0.05) is 22.6 Å². The molecule has 0 saturated carbocycles. The fourth-order valence-electron chi connectivity index (χ4n) is 4.01. The highest BCUT2D eigenvalue weighted by molar-refractivity contribution is 6.31. The van der Waals surface area contributed by atoms with Crippen LogP contribution in [0.1, 0.15) is 27.2 Å². The van der Waals surface area contributed by atoms with Crippen LogP contribution in [0.15, 0.2) is 81.7 Å². The smallest absolute Gasteiger partial charge is 0.295 e. The van der Waals surface area contributed by atoms with Gasteiger partial charge in [-0.05, 0) is 67.4 Å². The Hall–Kier alpha value is -4.76. The van der Waals surface area contributed by atoms with Crippen LogP contribution >= 0.6 is 11.6 Å². The van der Waals surface area contributed by atoms with Gasteiger partial charge in [0.25, 0.3) is 18.3 Å². The Bertz CT molecular complexity index is 1680. The normalized spacial score (nSPS) is 11.7. The Morgan fingerprint density at radius 1 is 1.05 bits per heavy atom. The number of nitrogens with zero attached hydrogens (tertiary/aromatic N) is 2. The van der Waals surface area contributed by atoms with Crippen molar-refractivity contribution in [2.75, 3.05) is 0 Å². The molecule has 0 radical (unpaired) electrons. The summed E-state index contributed by atoms with van der Waals surface area (Å²) in [6.07, 6.45) is -1.07. The minimum Gasteiger partial charge on any atom is -0.451 e. The summed E-state index contributed by atoms with van der Waals surface area (Å²) in [4.78, 5) is 28.2. The maximum atomic E-state index is 15.0. The number of carbonyl (C=O) groups excluding carboxylic acids is 2. The number of amides is 1. The molecule has 3 aromatic carbocycles. The van der Waals surface area contributed by atoms with Crippen LogP contribution in [0.5, 0.6) is 0 Å². The summed E-state index contributed by atoms with van der Waals surface area (Å²) in [5.41, 5.74) is 4.03. The highest BCUT2D eigenvalue weighted by Crippen LogP contribution is 2.28. The van der Waals surface area contributed by atoms with Gasteiger partial charge in [-0.1, -0.05) is 52.7 Å². The van der Waals surface area contributed by atoms with Crippen molar-refractivity contribution >= 4 is 24.0 Å². The molecule has 10 heteroatoms. The van der Waals surface area contributed by atoms with Gasteiger partial charge in [-0.2, -0.15) is 4.98 Å². The number of rotatable bonds is 9. The number of furan rings is 1. The van der Waals surface area contributed by atoms with Crippen molar-refractivity contribution in [2.24, 2.45) is 0 Å². The number of nitrogens with one attached hydrogen (secondary N) is 1. The number of benzene rings is 3. The second kappa shape index (κ2) is 11.5. The minimum atomic E-state index is -1.07. The molecule has 1 N–H and O–H groups in total. The maximum Gasteiger partial charge on any atom is 0.295 e. The fraction of sp³-hybridized carbons (Fsp3) is 0.133. The number of carbonyl (C=O) groups is 2. The summed E-state index contributed by atoms with van der Waals surface area (Å²) in [5, 5.41) is 7.06. The lowest BCUT2D eigenvalue weighted by Crippen LogP contribution is -2.38. The van der Waals surface area contributed by atoms with Crippen LogP contribution in [0.3, 0.4) is 0 Å². The zero-order valence-corrected chi connectivity index (χ0v) is 22.2. The van der Waals surface area contributed by atoms with E-state index in [1.807, 2.05) is 50.2 Å². The zero-order chi connectivity index (χ0) is 28.2. The predicted octanol–water partition coefficient (Wildman–Crippen LogP) is 6.54. The molecule has 40 heavy (non-hydrogen) atoms. The Labute approximate surface area is 233 Å². The van der Waals surface area contributed by atoms with Crippen molar-refractivity contribution in [2.45, 2.75) is 26.5 Å². The summed E-state index contributed by atoms with van der Waals surface area (Å²) in [7, 11) is 0. The topological polar surface area (TPSA) is 107 Å². The Morgan fingerprint density at radius 3 is 2.55 bits per heavy atom. The molecule has 1 amide bonds. The summed E-state index contributed by atoms with van der Waals surface area (Å²) < 4.78 is 31.1. The zero-order valence-electron chi connectivity index (χ0n) is 21.5. The molecule has 1 unspecified atom stereocenters. The van der Waals surface area contributed by atoms with E-state index >= 15 is 4.39 Å². The maximum absolute atomic E-state index is 15.0. The highest BCUT2D eigenvalue weighted by atomic mass is 35.5. The number of aryl methyl sites for hydroxylation is 2. The van der Waals surface area contributed by atoms with E-state index in [9.17, 15) is 9.59 Å². The molecule has 0 aliphatic heterocycles. The van der Waals surface area contributed by atoms with Crippen molar-refractivity contribution in [1.29, 1.82) is 0 Å². The molecule has 202 valence electrons. The van der Waals surface area contributed by atoms with Crippen LogP contribution in [0, 0.1) is 19.7 Å². The first kappa shape index (κ1) is 26.8. The van der Waals surface area contributed by atoms with Gasteiger partial charge in [0.1, 0.15) is 11.6 Å². The summed E-state index contributed by atoms with van der Waals surface area (Å²) >= 11 is 6.19. The van der Waals surface area contributed by atoms with E-state index < -0.39 is 18.0 Å². The molecule has 5 aromatic rings. The average molecular weight is 560 g/mol. The van der Waals surface area contributed by atoms with Crippen molar-refractivity contribution in [3.8, 4) is 34.2 Å². The summed E-state index contributed by atoms with van der Waals surface area (Å²) in [6, 6.07) is 20.5. The average Bonchev–Trinajstić information content (AvgIpc) is 3.62. The molecule has 0 bridgehead atoms. The van der Waals surface area contributed by atoms with E-state index in [0.717, 1.165) is 16.7 Å². The van der Waals surface area contributed by atoms with E-state index in [-0.39, 0.29) is 35.9 Å². The van der Waals surface area contributed by atoms with Gasteiger partial charge in [-0.15, -0.1) is 0 Å². The molecule has 2 heterocycles. The molecule has 0 aliphatic carbocycles. The molecule has 0 saturated heterocycles. The molecular formula is C30H23ClFN3O5. The lowest BCUT2D eigenvalue weighted by molar-refractivity contribution is -0.134. The number of hydrogen-bond acceptors (Lipinski definition) is 7. The van der Waals surface area contributed by atoms with Crippen LogP contribution in [-0.4, -0.2) is 28.7 Å². The highest BCUT2D eigenvalue weighted by Gasteiger charge is 2.20. The van der Waals surface area contributed by atoms with Crippen LogP contribution < -0.4 is 5.32 Å². The van der Waals surface area contributed by atoms with Crippen LogP contribution in [-0.2, 0) is 16.0 Å². The van der Waals surface area contributed by atoms with Crippen molar-refractivity contribution < 1.29 is 27.7 Å². The fourth-order valence-corrected chi connectivity index (χ4v) is 4.19. The summed E-state index contributed by atoms with van der Waals surface area (Å²) in [5.74, 6) is -0.385. The van der Waals surface area contributed by atoms with Gasteiger partial charge in [0.15, 0.2) is 12.0 Å². The van der Waals surface area contributed by atoms with E-state index in [1.54, 1.807) is 18.2 Å². The van der Waals surface area contributed by atoms with Crippen LogP contribution in [0.25, 0.3) is 34.2 Å². The first-order valence-electron chi connectivity index (χ1n) is 12.3. The minimum absolute atomic E-state index is 0.00365. The Morgan fingerprint density at radius 2 is 1.82 bits per heavy atom. The van der Waals surface area contributed by atoms with E-state index in [1.165, 1.54) is 18.2 Å². The number of ether oxygens (including phenoxy) is 1. The van der Waals surface area contributed by atoms with Crippen LogP contribution in [0.2, 0.25) is 5.02 Å². The largest absolute Gasteiger partial charge is 0.451 e. The third kappa shape index (κ3) is 5.94. The molecular weight excluding hydrogens is 537 g/mol. The monoisotopic (exact) mass is 559 g/mol. The third-order valence-corrected chi connectivity index (χ3v) is 6.63. The van der Waals surface area contributed by atoms with Crippen molar-refractivity contribution in [3.63, 3.8) is 0 Å². The number of hydrogen-bond donors (Lipinski definition) is 1. The van der Waals surface area contributed by atoms with Gasteiger partial charge in [0.05, 0.1) is 5.56 Å². The molecule has 8 nitrogen and oxygen atoms in total. The van der Waals surface area contributed by atoms with Crippen molar-refractivity contribution in [3.05, 3.63) is 106 Å². The van der Waals surface area contributed by atoms with Gasteiger partial charge < -0.3 is 19.0 Å². The third-order valence-electron chi connectivity index (χ3n) is 6.22. The number of halogens is 2. The SMILES string of the molecule is Cc1ccc(-c2nc(-c3ccc(CC(NC(=O)c4ccc(-c5ccc(C)c(Cl)c5)o4)OC=O)cc3F)no2)cc1. The molecule has 0 spiro atoms. The molecule has 1 atom stereocenters. The van der Waals surface area contributed by atoms with Crippen LogP contribution in [0.4, 0.5) is 4.39 Å². The summed E-state index contributed by atoms with van der Waals surface area (Å²) in [6.45, 7) is 4.06. The van der Waals surface area contributed by atoms with E-state index in [4.69, 9.17) is 25.3 Å². The Kier molecular flexibility index (Phi) is 7.75. The van der Waals surface area contributed by atoms with E-state index in [0.29, 0.717) is 21.9 Å². The predicted molar refractivity (Wildman–Crippen MR) is 146 cm³/mol. The van der Waals surface area contributed by atoms with E-state index in [2.05, 4.69) is 15.5 Å². The van der Waals surface area contributed by atoms with Gasteiger partial charge in [0.2, 0.25) is 5.82 Å². The second-order valence-electron chi connectivity index (χ2n) is 9.13. The Balaban J connectivity index is 1.27.